The molecule has 16 heteroatoms. The number of carbonyl (C=O) groups excluding carboxylic acids is 2. The maximum absolute atomic E-state index is 10.8. The van der Waals surface area contributed by atoms with E-state index in [1.165, 1.54) is 86.3 Å². The van der Waals surface area contributed by atoms with Crippen LogP contribution in [0.4, 0.5) is 11.4 Å². The van der Waals surface area contributed by atoms with Crippen molar-refractivity contribution >= 4 is 96.3 Å². The molecule has 11 heterocycles. The SMILES string of the molecule is C.C1=Cc2ccccc2C1.C1=NCc2ccccc21.C1=Nc2ccccc2C1.CC.CC.CC.CC.CC.CC.CC.CC.CC.CC.CC.CC.CC.O=C1C=CC2C=CC=CC2O1.O=C1Cc2ccccc2O1.c1ccc2c(c1)CCC2.c1ccc2c(c1)CCO2.c1ccc2c(c1)CCO2.c1ccc2c(c1)CN=N2.c1ccc2ncccc2c1.c1ccc2occc2c1.c1ccc2ocnc2c1.c1ccc2scnc2c1. The van der Waals surface area contributed by atoms with Gasteiger partial charge in [-0.25, -0.2) is 14.8 Å². The number of ether oxygens (including phenoxy) is 4. The van der Waals surface area contributed by atoms with E-state index < -0.39 is 0 Å². The van der Waals surface area contributed by atoms with E-state index in [9.17, 15) is 9.59 Å². The zero-order chi connectivity index (χ0) is 109. The van der Waals surface area contributed by atoms with Crippen LogP contribution in [0.5, 0.6) is 17.2 Å². The molecule has 0 fully saturated rings. The molecule has 0 saturated heterocycles. The van der Waals surface area contributed by atoms with Crippen molar-refractivity contribution in [3.8, 4) is 17.2 Å². The highest BCUT2D eigenvalue weighted by Crippen LogP contribution is 2.30. The second-order valence-electron chi connectivity index (χ2n) is 28.3. The van der Waals surface area contributed by atoms with Gasteiger partial charge in [0.05, 0.1) is 71.6 Å². The van der Waals surface area contributed by atoms with Crippen LogP contribution in [-0.4, -0.2) is 58.6 Å². The quantitative estimate of drug-likeness (QED) is 0.104. The molecule has 0 saturated carbocycles. The average molecular weight is 2020 g/mol. The molecule has 15 nitrogen and oxygen atoms in total. The Labute approximate surface area is 894 Å². The third-order valence-electron chi connectivity index (χ3n) is 20.1. The smallest absolute Gasteiger partial charge is 0.331 e. The summed E-state index contributed by atoms with van der Waals surface area (Å²) in [6.45, 7) is 55.4. The summed E-state index contributed by atoms with van der Waals surface area (Å²) < 4.78 is 31.9. The lowest BCUT2D eigenvalue weighted by molar-refractivity contribution is -0.143. The van der Waals surface area contributed by atoms with Crippen LogP contribution >= 0.6 is 11.3 Å². The van der Waals surface area contributed by atoms with Gasteiger partial charge in [0.25, 0.3) is 0 Å². The highest BCUT2D eigenvalue weighted by molar-refractivity contribution is 7.16. The number of esters is 2. The first-order chi connectivity index (χ1) is 72.8. The molecule has 26 rings (SSSR count). The second kappa shape index (κ2) is 88.8. The van der Waals surface area contributed by atoms with Crippen molar-refractivity contribution in [2.45, 2.75) is 258 Å². The average Bonchev–Trinajstić information content (AvgIpc) is 1.82. The zero-order valence-electron chi connectivity index (χ0n) is 93.0. The first kappa shape index (κ1) is 133. The number of para-hydroxylation sites is 9. The van der Waals surface area contributed by atoms with Crippen LogP contribution in [0.15, 0.2) is 405 Å². The number of thiazole rings is 1. The summed E-state index contributed by atoms with van der Waals surface area (Å²) in [6.07, 6.45) is 32.9. The zero-order valence-corrected chi connectivity index (χ0v) is 93.8. The van der Waals surface area contributed by atoms with Gasteiger partial charge in [-0.2, -0.15) is 10.2 Å². The van der Waals surface area contributed by atoms with Gasteiger partial charge in [0.2, 0.25) is 0 Å². The van der Waals surface area contributed by atoms with E-state index >= 15 is 0 Å². The van der Waals surface area contributed by atoms with Gasteiger partial charge in [-0.05, 0) is 161 Å². The summed E-state index contributed by atoms with van der Waals surface area (Å²) >= 11 is 1.68. The number of nitrogens with zero attached hydrogens (tertiary/aromatic N) is 7. The molecule has 0 spiro atoms. The van der Waals surface area contributed by atoms with E-state index in [2.05, 4.69) is 150 Å². The lowest BCUT2D eigenvalue weighted by atomic mass is 9.95. The Balaban J connectivity index is 0.00000155. The summed E-state index contributed by atoms with van der Waals surface area (Å²) in [5.74, 6) is 2.70. The van der Waals surface area contributed by atoms with E-state index in [1.54, 1.807) is 34.8 Å². The summed E-state index contributed by atoms with van der Waals surface area (Å²) in [5, 5.41) is 10.2. The van der Waals surface area contributed by atoms with E-state index in [0.29, 0.717) is 12.2 Å². The number of rotatable bonds is 0. The van der Waals surface area contributed by atoms with E-state index in [-0.39, 0.29) is 31.4 Å². The molecule has 0 amide bonds. The highest BCUT2D eigenvalue weighted by Gasteiger charge is 2.24. The molecule has 2 atom stereocenters. The molecule has 3 aliphatic carbocycles. The standard InChI is InChI=1S/C9H7N.C9H8O2.C9H10.C9H8.2C8H7N.C8H6O2.2C8H8O.C8H6O.C7H6N2.C7H5NO.C7H5NS.13C2H6.CH4/c1-2-6-9-8(4-1)5-3-7-10-9;10-9-6-5-7-3-1-2-4-8(7)11-9;2*1-2-5-9-7-3-6-8(9)4-1;1-2-4-8-6-9-5-7(8)3-1;1-2-4-8-7(3-1)5-6-9-8;9-8-5-6-3-1-2-4-7(6)10-8;3*1-2-4-8-7(3-1)5-6-9-8;1-2-4-7-6(3-1)5-8-9-7;2*1-2-4-7-6(3-1)8-5-9-7;13*1-2;/h1-7H;1-8H;1-2,4-5H,3,6-7H2;1-6H,7H2;1-5H,6H2;1-4,6H,5H2;1-4H,5H2;2*1-4H,5-6H2;1-6H;1-4H,5H2;2*1-5H;13*1-2H3;1H4. The highest BCUT2D eigenvalue weighted by atomic mass is 32.1. The number of carbonyl (C=O) groups is 2. The maximum atomic E-state index is 10.8. The van der Waals surface area contributed by atoms with Crippen LogP contribution < -0.4 is 14.2 Å². The molecule has 12 aromatic carbocycles. The third-order valence-corrected chi connectivity index (χ3v) is 20.9. The van der Waals surface area contributed by atoms with Crippen molar-refractivity contribution in [1.82, 2.24) is 15.0 Å². The normalized spacial score (nSPS) is 12.6. The van der Waals surface area contributed by atoms with Crippen LogP contribution in [0, 0.1) is 5.92 Å². The van der Waals surface area contributed by atoms with Crippen LogP contribution in [0.2, 0.25) is 0 Å². The molecule has 0 N–H and O–H groups in total. The fourth-order valence-electron chi connectivity index (χ4n) is 13.8. The number of pyridine rings is 1. The van der Waals surface area contributed by atoms with E-state index in [1.807, 2.05) is 435 Å². The first-order valence-corrected chi connectivity index (χ1v) is 54.4. The third kappa shape index (κ3) is 49.5. The molecule has 4 aromatic heterocycles. The number of oxazole rings is 1. The van der Waals surface area contributed by atoms with Crippen LogP contribution in [0.1, 0.15) is 255 Å². The Morgan fingerprint density at radius 2 is 0.831 bits per heavy atom. The predicted molar refractivity (Wildman–Crippen MR) is 642 cm³/mol. The molecule has 0 radical (unpaired) electrons. The number of aromatic nitrogens is 3. The fourth-order valence-corrected chi connectivity index (χ4v) is 14.5. The molecule has 0 bridgehead atoms. The lowest BCUT2D eigenvalue weighted by Gasteiger charge is -2.23. The molecular formula is C132H173N7O8S. The number of benzene rings is 12. The molecule has 10 aliphatic rings. The number of hydrogen-bond donors (Lipinski definition) is 0. The topological polar surface area (TPSA) is 185 Å². The van der Waals surface area contributed by atoms with Gasteiger partial charge >= 0.3 is 11.9 Å². The number of fused-ring (bicyclic) bond motifs is 13. The van der Waals surface area contributed by atoms with Crippen molar-refractivity contribution in [1.29, 1.82) is 0 Å². The number of azo groups is 1. The molecule has 7 aliphatic heterocycles. The number of allylic oxidation sites excluding steroid dienone is 3. The first-order valence-electron chi connectivity index (χ1n) is 53.5. The minimum atomic E-state index is -0.244. The summed E-state index contributed by atoms with van der Waals surface area (Å²) in [6, 6.07) is 103. The van der Waals surface area contributed by atoms with Crippen molar-refractivity contribution in [2.24, 2.45) is 26.1 Å². The monoisotopic (exact) mass is 2020 g/mol. The fraction of sp³-hybridized carbons (Fsp3) is 0.311. The van der Waals surface area contributed by atoms with Gasteiger partial charge in [0.15, 0.2) is 12.0 Å². The Morgan fingerprint density at radius 3 is 1.39 bits per heavy atom. The van der Waals surface area contributed by atoms with E-state index in [4.69, 9.17) is 27.8 Å². The van der Waals surface area contributed by atoms with Gasteiger partial charge in [0, 0.05) is 71.8 Å². The van der Waals surface area contributed by atoms with Gasteiger partial charge < -0.3 is 27.8 Å². The number of furan rings is 1. The molecule has 790 valence electrons. The van der Waals surface area contributed by atoms with Crippen LogP contribution in [0.3, 0.4) is 0 Å². The van der Waals surface area contributed by atoms with Crippen molar-refractivity contribution in [3.05, 3.63) is 437 Å². The Kier molecular flexibility index (Phi) is 80.1. The van der Waals surface area contributed by atoms with Crippen molar-refractivity contribution < 1.29 is 37.4 Å². The van der Waals surface area contributed by atoms with E-state index in [0.717, 1.165) is 114 Å². The minimum Gasteiger partial charge on any atom is -0.493 e. The van der Waals surface area contributed by atoms with Crippen LogP contribution in [-0.2, 0) is 72.4 Å². The van der Waals surface area contributed by atoms with Crippen molar-refractivity contribution in [3.63, 3.8) is 0 Å². The minimum absolute atomic E-state index is 0. The van der Waals surface area contributed by atoms with Gasteiger partial charge in [-0.3, -0.25) is 19.8 Å². The molecular weight excluding hydrogens is 1840 g/mol. The number of aliphatic imine (C=N–C) groups is 2. The Hall–Kier alpha value is -14.6. The lowest BCUT2D eigenvalue weighted by Crippen LogP contribution is -2.26. The largest absolute Gasteiger partial charge is 0.493 e. The van der Waals surface area contributed by atoms with Gasteiger partial charge in [0.1, 0.15) is 34.5 Å². The Morgan fingerprint density at radius 1 is 0.351 bits per heavy atom. The molecule has 2 unspecified atom stereocenters. The van der Waals surface area contributed by atoms with Gasteiger partial charge in [-0.15, -0.1) is 11.3 Å². The number of hydrogen-bond acceptors (Lipinski definition) is 16. The van der Waals surface area contributed by atoms with Crippen molar-refractivity contribution in [2.75, 3.05) is 13.2 Å². The maximum Gasteiger partial charge on any atom is 0.331 e. The summed E-state index contributed by atoms with van der Waals surface area (Å²) in [7, 11) is 0. The number of aryl methyl sites for hydroxylation is 2. The molecule has 16 aromatic rings. The van der Waals surface area contributed by atoms with Crippen LogP contribution in [0.25, 0.3) is 49.3 Å². The second-order valence-corrected chi connectivity index (χ2v) is 29.2. The predicted octanol–water partition coefficient (Wildman–Crippen LogP) is 38.6. The van der Waals surface area contributed by atoms with Gasteiger partial charge in [-0.1, -0.05) is 454 Å². The Bertz CT molecular complexity index is 5500. The summed E-state index contributed by atoms with van der Waals surface area (Å²) in [4.78, 5) is 42.0. The summed E-state index contributed by atoms with van der Waals surface area (Å²) in [5.41, 5.74) is 23.8. The molecule has 148 heavy (non-hydrogen) atoms.